The van der Waals surface area contributed by atoms with Crippen molar-refractivity contribution >= 4 is 16.7 Å². The molecular weight excluding hydrogens is 258 g/mol. The van der Waals surface area contributed by atoms with E-state index in [1.807, 2.05) is 42.5 Å². The van der Waals surface area contributed by atoms with Crippen molar-refractivity contribution in [1.82, 2.24) is 4.98 Å². The van der Waals surface area contributed by atoms with Gasteiger partial charge in [0.05, 0.1) is 5.52 Å². The number of pyridine rings is 1. The average Bonchev–Trinajstić information content (AvgIpc) is 2.55. The lowest BCUT2D eigenvalue weighted by Crippen LogP contribution is -2.03. The van der Waals surface area contributed by atoms with Crippen molar-refractivity contribution in [1.29, 1.82) is 0 Å². The molecular formula is C19H17NO. The number of ketones is 1. The molecule has 0 saturated carbocycles. The van der Waals surface area contributed by atoms with E-state index in [0.717, 1.165) is 28.5 Å². The summed E-state index contributed by atoms with van der Waals surface area (Å²) in [4.78, 5) is 16.7. The molecule has 0 bridgehead atoms. The lowest BCUT2D eigenvalue weighted by atomic mass is 10.0. The molecule has 2 heteroatoms. The lowest BCUT2D eigenvalue weighted by Gasteiger charge is -2.04. The number of carbonyl (C=O) groups excluding carboxylic acids is 1. The highest BCUT2D eigenvalue weighted by atomic mass is 16.1. The molecule has 2 nitrogen and oxygen atoms in total. The Labute approximate surface area is 124 Å². The van der Waals surface area contributed by atoms with Crippen LogP contribution in [0.3, 0.4) is 0 Å². The number of fused-ring (bicyclic) bond motifs is 1. The van der Waals surface area contributed by atoms with Crippen molar-refractivity contribution in [2.75, 3.05) is 0 Å². The van der Waals surface area contributed by atoms with E-state index in [1.165, 1.54) is 5.56 Å². The number of hydrogen-bond donors (Lipinski definition) is 0. The van der Waals surface area contributed by atoms with Crippen LogP contribution in [0.25, 0.3) is 10.9 Å². The smallest absolute Gasteiger partial charge is 0.167 e. The molecule has 104 valence electrons. The second kappa shape index (κ2) is 5.88. The van der Waals surface area contributed by atoms with Crippen LogP contribution in [0.5, 0.6) is 0 Å². The number of rotatable bonds is 4. The van der Waals surface area contributed by atoms with Gasteiger partial charge in [0.1, 0.15) is 0 Å². The van der Waals surface area contributed by atoms with E-state index in [2.05, 4.69) is 24.0 Å². The van der Waals surface area contributed by atoms with Gasteiger partial charge in [0.15, 0.2) is 5.78 Å². The van der Waals surface area contributed by atoms with E-state index in [4.69, 9.17) is 0 Å². The molecule has 0 spiro atoms. The van der Waals surface area contributed by atoms with Gasteiger partial charge in [-0.1, -0.05) is 37.3 Å². The number of Topliss-reactive ketones (excluding diaryl/α,β-unsaturated/α-hetero) is 1. The second-order valence-corrected chi connectivity index (χ2v) is 5.18. The molecule has 3 rings (SSSR count). The lowest BCUT2D eigenvalue weighted by molar-refractivity contribution is 0.0993. The number of hydrogen-bond acceptors (Lipinski definition) is 2. The Morgan fingerprint density at radius 1 is 1.00 bits per heavy atom. The molecule has 0 amide bonds. The van der Waals surface area contributed by atoms with Gasteiger partial charge >= 0.3 is 0 Å². The van der Waals surface area contributed by atoms with Crippen molar-refractivity contribution < 1.29 is 4.79 Å². The van der Waals surface area contributed by atoms with E-state index >= 15 is 0 Å². The first kappa shape index (κ1) is 13.5. The zero-order valence-electron chi connectivity index (χ0n) is 12.0. The first-order chi connectivity index (χ1) is 10.3. The normalized spacial score (nSPS) is 10.7. The fourth-order valence-corrected chi connectivity index (χ4v) is 2.43. The highest BCUT2D eigenvalue weighted by molar-refractivity contribution is 6.00. The fourth-order valence-electron chi connectivity index (χ4n) is 2.43. The van der Waals surface area contributed by atoms with Gasteiger partial charge < -0.3 is 0 Å². The number of carbonyl (C=O) groups is 1. The average molecular weight is 275 g/mol. The van der Waals surface area contributed by atoms with Crippen molar-refractivity contribution in [2.24, 2.45) is 0 Å². The van der Waals surface area contributed by atoms with Gasteiger partial charge in [0, 0.05) is 23.6 Å². The zero-order chi connectivity index (χ0) is 14.7. The van der Waals surface area contributed by atoms with Crippen LogP contribution in [-0.2, 0) is 12.8 Å². The molecule has 1 heterocycles. The Balaban J connectivity index is 1.82. The Bertz CT molecular complexity index is 775. The molecule has 0 atom stereocenters. The van der Waals surface area contributed by atoms with Crippen molar-refractivity contribution in [3.05, 3.63) is 77.5 Å². The van der Waals surface area contributed by atoms with E-state index in [-0.39, 0.29) is 5.78 Å². The van der Waals surface area contributed by atoms with Crippen molar-refractivity contribution in [3.63, 3.8) is 0 Å². The third kappa shape index (κ3) is 3.00. The van der Waals surface area contributed by atoms with Gasteiger partial charge in [0.2, 0.25) is 0 Å². The molecule has 21 heavy (non-hydrogen) atoms. The van der Waals surface area contributed by atoms with Crippen LogP contribution < -0.4 is 0 Å². The minimum atomic E-state index is 0.144. The van der Waals surface area contributed by atoms with Gasteiger partial charge in [-0.25, -0.2) is 0 Å². The molecule has 0 N–H and O–H groups in total. The maximum absolute atomic E-state index is 12.4. The Hall–Kier alpha value is -2.48. The molecule has 0 aliphatic carbocycles. The summed E-state index contributed by atoms with van der Waals surface area (Å²) in [6, 6.07) is 17.8. The zero-order valence-corrected chi connectivity index (χ0v) is 12.0. The van der Waals surface area contributed by atoms with Crippen LogP contribution in [0, 0.1) is 0 Å². The summed E-state index contributed by atoms with van der Waals surface area (Å²) in [6.45, 7) is 2.13. The molecule has 1 aromatic heterocycles. The Morgan fingerprint density at radius 3 is 2.52 bits per heavy atom. The predicted molar refractivity (Wildman–Crippen MR) is 85.6 cm³/mol. The second-order valence-electron chi connectivity index (χ2n) is 5.18. The number of benzene rings is 2. The number of aromatic nitrogens is 1. The molecule has 0 fully saturated rings. The van der Waals surface area contributed by atoms with Crippen molar-refractivity contribution in [2.45, 2.75) is 19.8 Å². The molecule has 3 aromatic rings. The predicted octanol–water partition coefficient (Wildman–Crippen LogP) is 4.22. The Morgan fingerprint density at radius 2 is 1.76 bits per heavy atom. The topological polar surface area (TPSA) is 30.0 Å². The number of aryl methyl sites for hydroxylation is 1. The molecule has 0 radical (unpaired) electrons. The first-order valence-electron chi connectivity index (χ1n) is 7.22. The van der Waals surface area contributed by atoms with Crippen LogP contribution in [0.4, 0.5) is 0 Å². The quantitative estimate of drug-likeness (QED) is 0.667. The monoisotopic (exact) mass is 275 g/mol. The minimum Gasteiger partial charge on any atom is -0.294 e. The van der Waals surface area contributed by atoms with Crippen LogP contribution >= 0.6 is 0 Å². The molecule has 0 unspecified atom stereocenters. The van der Waals surface area contributed by atoms with Gasteiger partial charge in [-0.15, -0.1) is 0 Å². The largest absolute Gasteiger partial charge is 0.294 e. The first-order valence-corrected chi connectivity index (χ1v) is 7.22. The molecule has 0 saturated heterocycles. The van der Waals surface area contributed by atoms with Gasteiger partial charge in [-0.05, 0) is 41.8 Å². The van der Waals surface area contributed by atoms with Gasteiger partial charge in [-0.3, -0.25) is 9.78 Å². The standard InChI is InChI=1S/C19H17NO/c1-2-14-5-7-15(8-6-14)12-19(21)17-9-10-18-16(13-17)4-3-11-20-18/h3-11,13H,2,12H2,1H3. The summed E-state index contributed by atoms with van der Waals surface area (Å²) in [5, 5.41) is 1.00. The number of nitrogens with zero attached hydrogens (tertiary/aromatic N) is 1. The summed E-state index contributed by atoms with van der Waals surface area (Å²) in [5.41, 5.74) is 4.02. The summed E-state index contributed by atoms with van der Waals surface area (Å²) in [6.07, 6.45) is 3.22. The summed E-state index contributed by atoms with van der Waals surface area (Å²) < 4.78 is 0. The minimum absolute atomic E-state index is 0.144. The van der Waals surface area contributed by atoms with Crippen molar-refractivity contribution in [3.8, 4) is 0 Å². The third-order valence-electron chi connectivity index (χ3n) is 3.72. The van der Waals surface area contributed by atoms with Crippen LogP contribution in [0.1, 0.15) is 28.4 Å². The van der Waals surface area contributed by atoms with Crippen LogP contribution in [0.2, 0.25) is 0 Å². The maximum Gasteiger partial charge on any atom is 0.167 e. The third-order valence-corrected chi connectivity index (χ3v) is 3.72. The highest BCUT2D eigenvalue weighted by Crippen LogP contribution is 2.15. The van der Waals surface area contributed by atoms with Crippen LogP contribution in [-0.4, -0.2) is 10.8 Å². The molecule has 0 aliphatic rings. The van der Waals surface area contributed by atoms with Gasteiger partial charge in [-0.2, -0.15) is 0 Å². The van der Waals surface area contributed by atoms with E-state index in [0.29, 0.717) is 6.42 Å². The summed E-state index contributed by atoms with van der Waals surface area (Å²) in [7, 11) is 0. The van der Waals surface area contributed by atoms with Gasteiger partial charge in [0.25, 0.3) is 0 Å². The summed E-state index contributed by atoms with van der Waals surface area (Å²) in [5.74, 6) is 0.144. The summed E-state index contributed by atoms with van der Waals surface area (Å²) >= 11 is 0. The Kier molecular flexibility index (Phi) is 3.78. The fraction of sp³-hybridized carbons (Fsp3) is 0.158. The molecule has 2 aromatic carbocycles. The van der Waals surface area contributed by atoms with E-state index in [1.54, 1.807) is 6.20 Å². The van der Waals surface area contributed by atoms with Crippen LogP contribution in [0.15, 0.2) is 60.8 Å². The highest BCUT2D eigenvalue weighted by Gasteiger charge is 2.08. The maximum atomic E-state index is 12.4. The molecule has 0 aliphatic heterocycles. The van der Waals surface area contributed by atoms with E-state index in [9.17, 15) is 4.79 Å². The van der Waals surface area contributed by atoms with E-state index < -0.39 is 0 Å². The SMILES string of the molecule is CCc1ccc(CC(=O)c2ccc3ncccc3c2)cc1.